The maximum Gasteiger partial charge on any atom is 0.228 e. The van der Waals surface area contributed by atoms with Gasteiger partial charge in [0, 0.05) is 11.3 Å². The van der Waals surface area contributed by atoms with Gasteiger partial charge in [-0.1, -0.05) is 62.4 Å². The molecule has 1 N–H and O–H groups in total. The molecule has 28 heavy (non-hydrogen) atoms. The minimum Gasteiger partial charge on any atom is -0.326 e. The minimum atomic E-state index is -0.0150. The van der Waals surface area contributed by atoms with Crippen LogP contribution < -0.4 is 5.32 Å². The number of hydrogen-bond donors (Lipinski definition) is 1. The van der Waals surface area contributed by atoms with Gasteiger partial charge < -0.3 is 5.32 Å². The predicted molar refractivity (Wildman–Crippen MR) is 118 cm³/mol. The van der Waals surface area contributed by atoms with Crippen molar-refractivity contribution >= 4 is 33.1 Å². The molecule has 0 aliphatic rings. The monoisotopic (exact) mass is 386 g/mol. The summed E-state index contributed by atoms with van der Waals surface area (Å²) in [5.74, 6) is 0.479. The van der Waals surface area contributed by atoms with Crippen molar-refractivity contribution in [2.45, 2.75) is 26.2 Å². The van der Waals surface area contributed by atoms with Gasteiger partial charge in [-0.05, 0) is 41.3 Å². The molecule has 140 valence electrons. The fourth-order valence-corrected chi connectivity index (χ4v) is 4.10. The third-order valence-corrected chi connectivity index (χ3v) is 5.78. The fourth-order valence-electron chi connectivity index (χ4n) is 3.14. The van der Waals surface area contributed by atoms with Crippen LogP contribution in [0.5, 0.6) is 0 Å². The van der Waals surface area contributed by atoms with Crippen LogP contribution in [0.1, 0.15) is 30.9 Å². The number of carbonyl (C=O) groups excluding carboxylic acids is 1. The van der Waals surface area contributed by atoms with Gasteiger partial charge in [0.15, 0.2) is 0 Å². The minimum absolute atomic E-state index is 0.0150. The second kappa shape index (κ2) is 7.95. The highest BCUT2D eigenvalue weighted by Gasteiger charge is 2.09. The number of para-hydroxylation sites is 1. The third kappa shape index (κ3) is 4.12. The SMILES string of the molecule is CC(C)c1ccc(CC(=O)Nc2cccc(-c3nc4ccccc4s3)c2)cc1. The molecule has 1 aromatic heterocycles. The summed E-state index contributed by atoms with van der Waals surface area (Å²) in [6.07, 6.45) is 0.365. The number of hydrogen-bond acceptors (Lipinski definition) is 3. The average Bonchev–Trinajstić information content (AvgIpc) is 3.13. The van der Waals surface area contributed by atoms with E-state index in [9.17, 15) is 4.79 Å². The van der Waals surface area contributed by atoms with E-state index in [1.165, 1.54) is 5.56 Å². The molecule has 0 aliphatic carbocycles. The molecule has 3 aromatic carbocycles. The van der Waals surface area contributed by atoms with Crippen LogP contribution in [0.4, 0.5) is 5.69 Å². The van der Waals surface area contributed by atoms with Crippen LogP contribution in [0.15, 0.2) is 72.8 Å². The van der Waals surface area contributed by atoms with Crippen LogP contribution in [0.25, 0.3) is 20.8 Å². The molecule has 0 saturated heterocycles. The van der Waals surface area contributed by atoms with Crippen LogP contribution in [0.2, 0.25) is 0 Å². The van der Waals surface area contributed by atoms with E-state index in [1.807, 2.05) is 54.6 Å². The molecular weight excluding hydrogens is 364 g/mol. The Morgan fingerprint density at radius 3 is 2.54 bits per heavy atom. The highest BCUT2D eigenvalue weighted by Crippen LogP contribution is 2.31. The van der Waals surface area contributed by atoms with E-state index in [0.29, 0.717) is 12.3 Å². The van der Waals surface area contributed by atoms with Crippen LogP contribution in [-0.2, 0) is 11.2 Å². The lowest BCUT2D eigenvalue weighted by Gasteiger charge is -2.08. The number of rotatable bonds is 5. The molecule has 1 amide bonds. The van der Waals surface area contributed by atoms with E-state index in [2.05, 4.69) is 37.4 Å². The van der Waals surface area contributed by atoms with Crippen LogP contribution in [0.3, 0.4) is 0 Å². The van der Waals surface area contributed by atoms with Crippen molar-refractivity contribution in [3.05, 3.63) is 83.9 Å². The zero-order valence-corrected chi connectivity index (χ0v) is 16.8. The molecule has 3 nitrogen and oxygen atoms in total. The Bertz CT molecular complexity index is 1080. The van der Waals surface area contributed by atoms with Gasteiger partial charge in [-0.25, -0.2) is 4.98 Å². The summed E-state index contributed by atoms with van der Waals surface area (Å²) < 4.78 is 1.16. The molecule has 0 fully saturated rings. The van der Waals surface area contributed by atoms with E-state index in [4.69, 9.17) is 4.98 Å². The van der Waals surface area contributed by atoms with Crippen LogP contribution in [0, 0.1) is 0 Å². The number of benzene rings is 3. The zero-order valence-electron chi connectivity index (χ0n) is 16.0. The van der Waals surface area contributed by atoms with E-state index in [1.54, 1.807) is 11.3 Å². The second-order valence-corrected chi connectivity index (χ2v) is 8.22. The molecular formula is C24H22N2OS. The first-order valence-electron chi connectivity index (χ1n) is 9.43. The smallest absolute Gasteiger partial charge is 0.228 e. The number of nitrogens with zero attached hydrogens (tertiary/aromatic N) is 1. The Morgan fingerprint density at radius 1 is 1.00 bits per heavy atom. The molecule has 4 heteroatoms. The van der Waals surface area contributed by atoms with E-state index in [0.717, 1.165) is 32.0 Å². The topological polar surface area (TPSA) is 42.0 Å². The number of anilines is 1. The van der Waals surface area contributed by atoms with Crippen LogP contribution >= 0.6 is 11.3 Å². The van der Waals surface area contributed by atoms with Crippen molar-refractivity contribution in [1.82, 2.24) is 4.98 Å². The van der Waals surface area contributed by atoms with E-state index < -0.39 is 0 Å². The Morgan fingerprint density at radius 2 is 1.79 bits per heavy atom. The summed E-state index contributed by atoms with van der Waals surface area (Å²) in [5.41, 5.74) is 5.11. The molecule has 0 unspecified atom stereocenters. The highest BCUT2D eigenvalue weighted by molar-refractivity contribution is 7.21. The molecule has 0 bridgehead atoms. The lowest BCUT2D eigenvalue weighted by molar-refractivity contribution is -0.115. The quantitative estimate of drug-likeness (QED) is 0.439. The Labute approximate surface area is 169 Å². The molecule has 4 aromatic rings. The van der Waals surface area contributed by atoms with Gasteiger partial charge in [0.05, 0.1) is 16.6 Å². The number of fused-ring (bicyclic) bond motifs is 1. The normalized spacial score (nSPS) is 11.1. The van der Waals surface area contributed by atoms with Gasteiger partial charge in [0.2, 0.25) is 5.91 Å². The molecule has 1 heterocycles. The van der Waals surface area contributed by atoms with Crippen molar-refractivity contribution in [2.24, 2.45) is 0 Å². The Hall–Kier alpha value is -2.98. The zero-order chi connectivity index (χ0) is 19.5. The van der Waals surface area contributed by atoms with Gasteiger partial charge in [-0.3, -0.25) is 4.79 Å². The Balaban J connectivity index is 1.47. The number of amides is 1. The van der Waals surface area contributed by atoms with Gasteiger partial charge in [0.1, 0.15) is 5.01 Å². The van der Waals surface area contributed by atoms with Gasteiger partial charge in [-0.2, -0.15) is 0 Å². The fraction of sp³-hybridized carbons (Fsp3) is 0.167. The number of thiazole rings is 1. The van der Waals surface area contributed by atoms with Gasteiger partial charge in [0.25, 0.3) is 0 Å². The second-order valence-electron chi connectivity index (χ2n) is 7.19. The largest absolute Gasteiger partial charge is 0.326 e. The van der Waals surface area contributed by atoms with Crippen molar-refractivity contribution in [3.8, 4) is 10.6 Å². The summed E-state index contributed by atoms with van der Waals surface area (Å²) in [6, 6.07) is 24.3. The standard InChI is InChI=1S/C24H22N2OS/c1-16(2)18-12-10-17(11-13-18)14-23(27)25-20-7-5-6-19(15-20)24-26-21-8-3-4-9-22(21)28-24/h3-13,15-16H,14H2,1-2H3,(H,25,27). The number of aromatic nitrogens is 1. The third-order valence-electron chi connectivity index (χ3n) is 4.70. The maximum atomic E-state index is 12.5. The predicted octanol–water partition coefficient (Wildman–Crippen LogP) is 6.27. The van der Waals surface area contributed by atoms with Gasteiger partial charge in [-0.15, -0.1) is 11.3 Å². The molecule has 0 saturated carbocycles. The average molecular weight is 387 g/mol. The van der Waals surface area contributed by atoms with Crippen molar-refractivity contribution in [1.29, 1.82) is 0 Å². The van der Waals surface area contributed by atoms with Crippen molar-refractivity contribution in [3.63, 3.8) is 0 Å². The summed E-state index contributed by atoms with van der Waals surface area (Å²) in [7, 11) is 0. The first-order valence-corrected chi connectivity index (χ1v) is 10.2. The summed E-state index contributed by atoms with van der Waals surface area (Å²) in [5, 5.41) is 3.97. The summed E-state index contributed by atoms with van der Waals surface area (Å²) >= 11 is 1.66. The lowest BCUT2D eigenvalue weighted by atomic mass is 10.0. The van der Waals surface area contributed by atoms with Crippen molar-refractivity contribution < 1.29 is 4.79 Å². The molecule has 4 rings (SSSR count). The summed E-state index contributed by atoms with van der Waals surface area (Å²) in [6.45, 7) is 4.33. The number of carbonyl (C=O) groups is 1. The Kier molecular flexibility index (Phi) is 5.22. The molecule has 0 aliphatic heterocycles. The van der Waals surface area contributed by atoms with E-state index in [-0.39, 0.29) is 5.91 Å². The van der Waals surface area contributed by atoms with Crippen LogP contribution in [-0.4, -0.2) is 10.9 Å². The van der Waals surface area contributed by atoms with E-state index >= 15 is 0 Å². The first-order chi connectivity index (χ1) is 13.6. The molecule has 0 radical (unpaired) electrons. The van der Waals surface area contributed by atoms with Gasteiger partial charge >= 0.3 is 0 Å². The maximum absolute atomic E-state index is 12.5. The molecule has 0 spiro atoms. The number of nitrogens with one attached hydrogen (secondary N) is 1. The lowest BCUT2D eigenvalue weighted by Crippen LogP contribution is -2.14. The molecule has 0 atom stereocenters. The summed E-state index contributed by atoms with van der Waals surface area (Å²) in [4.78, 5) is 17.2. The highest BCUT2D eigenvalue weighted by atomic mass is 32.1. The first kappa shape index (κ1) is 18.4. The van der Waals surface area contributed by atoms with Crippen molar-refractivity contribution in [2.75, 3.05) is 5.32 Å².